The maximum atomic E-state index is 3.53. The summed E-state index contributed by atoms with van der Waals surface area (Å²) >= 11 is 3.53. The van der Waals surface area contributed by atoms with E-state index < -0.39 is 0 Å². The van der Waals surface area contributed by atoms with Gasteiger partial charge in [0.15, 0.2) is 0 Å². The van der Waals surface area contributed by atoms with Crippen molar-refractivity contribution in [3.63, 3.8) is 0 Å². The predicted molar refractivity (Wildman–Crippen MR) is 87.3 cm³/mol. The van der Waals surface area contributed by atoms with E-state index in [0.29, 0.717) is 6.04 Å². The molecule has 0 radical (unpaired) electrons. The van der Waals surface area contributed by atoms with Crippen molar-refractivity contribution in [2.45, 2.75) is 38.1 Å². The van der Waals surface area contributed by atoms with Gasteiger partial charge >= 0.3 is 0 Å². The largest absolute Gasteiger partial charge is 0.371 e. The van der Waals surface area contributed by atoms with Gasteiger partial charge in [0.2, 0.25) is 0 Å². The van der Waals surface area contributed by atoms with E-state index in [-0.39, 0.29) is 0 Å². The van der Waals surface area contributed by atoms with E-state index in [1.54, 1.807) is 0 Å². The molecule has 2 rings (SSSR count). The minimum Gasteiger partial charge on any atom is -0.371 e. The number of hydrogen-bond acceptors (Lipinski definition) is 2. The highest BCUT2D eigenvalue weighted by molar-refractivity contribution is 9.08. The second-order valence-electron chi connectivity index (χ2n) is 5.53. The lowest BCUT2D eigenvalue weighted by molar-refractivity contribution is 0.221. The van der Waals surface area contributed by atoms with Crippen molar-refractivity contribution in [1.29, 1.82) is 0 Å². The first-order valence-corrected chi connectivity index (χ1v) is 8.38. The van der Waals surface area contributed by atoms with E-state index in [4.69, 9.17) is 0 Å². The molecule has 0 aromatic heterocycles. The summed E-state index contributed by atoms with van der Waals surface area (Å²) in [6, 6.07) is 7.49. The molecule has 0 saturated carbocycles. The Labute approximate surface area is 125 Å². The van der Waals surface area contributed by atoms with E-state index in [0.717, 1.165) is 5.33 Å². The van der Waals surface area contributed by atoms with Crippen LogP contribution in [0.4, 0.5) is 5.69 Å². The van der Waals surface area contributed by atoms with Crippen molar-refractivity contribution in [2.75, 3.05) is 31.6 Å². The van der Waals surface area contributed by atoms with Crippen molar-refractivity contribution in [3.05, 3.63) is 29.3 Å². The van der Waals surface area contributed by atoms with Gasteiger partial charge in [-0.1, -0.05) is 35.0 Å². The summed E-state index contributed by atoms with van der Waals surface area (Å²) in [7, 11) is 2.25. The van der Waals surface area contributed by atoms with Crippen LogP contribution in [0, 0.1) is 6.92 Å². The van der Waals surface area contributed by atoms with Crippen LogP contribution in [0.2, 0.25) is 0 Å². The Balaban J connectivity index is 2.05. The topological polar surface area (TPSA) is 6.48 Å². The molecule has 1 aromatic rings. The highest BCUT2D eigenvalue weighted by atomic mass is 79.9. The molecule has 0 amide bonds. The molecule has 1 saturated heterocycles. The molecule has 0 atom stereocenters. The van der Waals surface area contributed by atoms with Gasteiger partial charge in [-0.3, -0.25) is 0 Å². The minimum atomic E-state index is 0.691. The van der Waals surface area contributed by atoms with E-state index in [9.17, 15) is 0 Å². The lowest BCUT2D eigenvalue weighted by Crippen LogP contribution is -2.43. The summed E-state index contributed by atoms with van der Waals surface area (Å²) in [5.74, 6) is 0. The monoisotopic (exact) mass is 324 g/mol. The first kappa shape index (κ1) is 14.9. The molecule has 0 unspecified atom stereocenters. The highest BCUT2D eigenvalue weighted by Crippen LogP contribution is 2.26. The molecular weight excluding hydrogens is 300 g/mol. The van der Waals surface area contributed by atoms with Crippen molar-refractivity contribution >= 4 is 21.6 Å². The van der Waals surface area contributed by atoms with Crippen LogP contribution in [0.5, 0.6) is 0 Å². The molecule has 1 aliphatic rings. The summed E-state index contributed by atoms with van der Waals surface area (Å²) in [5, 5.41) is 0.937. The summed E-state index contributed by atoms with van der Waals surface area (Å²) in [6.45, 7) is 8.15. The van der Waals surface area contributed by atoms with E-state index in [2.05, 4.69) is 64.8 Å². The highest BCUT2D eigenvalue weighted by Gasteiger charge is 2.22. The number of rotatable bonds is 4. The molecule has 0 N–H and O–H groups in total. The zero-order chi connectivity index (χ0) is 13.8. The third-order valence-electron chi connectivity index (χ3n) is 4.35. The lowest BCUT2D eigenvalue weighted by Gasteiger charge is -2.38. The van der Waals surface area contributed by atoms with Crippen molar-refractivity contribution < 1.29 is 0 Å². The number of hydrogen-bond donors (Lipinski definition) is 0. The average molecular weight is 325 g/mol. The summed E-state index contributed by atoms with van der Waals surface area (Å²) in [6.07, 6.45) is 2.56. The lowest BCUT2D eigenvalue weighted by atomic mass is 10.0. The average Bonchev–Trinajstić information content (AvgIpc) is 2.46. The fraction of sp³-hybridized carbons (Fsp3) is 0.625. The smallest absolute Gasteiger partial charge is 0.0396 e. The van der Waals surface area contributed by atoms with Crippen LogP contribution in [0.15, 0.2) is 18.2 Å². The summed E-state index contributed by atoms with van der Waals surface area (Å²) in [5.41, 5.74) is 4.13. The number of halogens is 1. The van der Waals surface area contributed by atoms with E-state index >= 15 is 0 Å². The molecule has 19 heavy (non-hydrogen) atoms. The Hall–Kier alpha value is -0.540. The van der Waals surface area contributed by atoms with Gasteiger partial charge in [-0.05, 0) is 43.5 Å². The minimum absolute atomic E-state index is 0.691. The van der Waals surface area contributed by atoms with Crippen molar-refractivity contribution in [3.8, 4) is 0 Å². The second kappa shape index (κ2) is 6.76. The normalized spacial score (nSPS) is 17.7. The number of benzene rings is 1. The van der Waals surface area contributed by atoms with Crippen LogP contribution >= 0.6 is 15.9 Å². The van der Waals surface area contributed by atoms with Gasteiger partial charge in [0.05, 0.1) is 0 Å². The van der Waals surface area contributed by atoms with Gasteiger partial charge in [0.1, 0.15) is 0 Å². The molecule has 3 heteroatoms. The molecular formula is C16H25BrN2. The summed E-state index contributed by atoms with van der Waals surface area (Å²) < 4.78 is 0. The Morgan fingerprint density at radius 2 is 2.00 bits per heavy atom. The number of likely N-dealkylation sites (tertiary alicyclic amines) is 1. The van der Waals surface area contributed by atoms with Crippen LogP contribution in [0.1, 0.15) is 30.9 Å². The van der Waals surface area contributed by atoms with Gasteiger partial charge in [-0.2, -0.15) is 0 Å². The first-order chi connectivity index (χ1) is 9.15. The zero-order valence-corrected chi connectivity index (χ0v) is 13.9. The molecule has 1 heterocycles. The maximum Gasteiger partial charge on any atom is 0.0396 e. The maximum absolute atomic E-state index is 3.53. The van der Waals surface area contributed by atoms with E-state index in [1.165, 1.54) is 49.3 Å². The Morgan fingerprint density at radius 1 is 1.32 bits per heavy atom. The fourth-order valence-electron chi connectivity index (χ4n) is 3.02. The van der Waals surface area contributed by atoms with Gasteiger partial charge < -0.3 is 9.80 Å². The molecule has 1 fully saturated rings. The SMILES string of the molecule is CCN1CCC(N(C)c2ccc(CBr)cc2C)CC1. The molecule has 2 nitrogen and oxygen atoms in total. The first-order valence-electron chi connectivity index (χ1n) is 7.26. The number of aryl methyl sites for hydroxylation is 1. The third-order valence-corrected chi connectivity index (χ3v) is 5.00. The van der Waals surface area contributed by atoms with Crippen LogP contribution in [0.3, 0.4) is 0 Å². The predicted octanol–water partition coefficient (Wildman–Crippen LogP) is 3.81. The molecule has 106 valence electrons. The number of nitrogens with zero attached hydrogens (tertiary/aromatic N) is 2. The standard InChI is InChI=1S/C16H25BrN2/c1-4-19-9-7-15(8-10-19)18(3)16-6-5-14(12-17)11-13(16)2/h5-6,11,15H,4,7-10,12H2,1-3H3. The third kappa shape index (κ3) is 3.51. The van der Waals surface area contributed by atoms with Crippen LogP contribution < -0.4 is 4.90 Å². The van der Waals surface area contributed by atoms with Crippen LogP contribution in [0.25, 0.3) is 0 Å². The molecule has 0 spiro atoms. The van der Waals surface area contributed by atoms with Crippen molar-refractivity contribution in [2.24, 2.45) is 0 Å². The Kier molecular flexibility index (Phi) is 5.28. The van der Waals surface area contributed by atoms with Gasteiger partial charge in [0, 0.05) is 37.2 Å². The molecule has 0 bridgehead atoms. The zero-order valence-electron chi connectivity index (χ0n) is 12.3. The Bertz CT molecular complexity index is 411. The molecule has 1 aromatic carbocycles. The summed E-state index contributed by atoms with van der Waals surface area (Å²) in [4.78, 5) is 5.03. The number of alkyl halides is 1. The molecule has 0 aliphatic carbocycles. The van der Waals surface area contributed by atoms with Gasteiger partial charge in [-0.25, -0.2) is 0 Å². The van der Waals surface area contributed by atoms with Crippen LogP contribution in [-0.4, -0.2) is 37.6 Å². The Morgan fingerprint density at radius 3 is 2.53 bits per heavy atom. The van der Waals surface area contributed by atoms with Crippen molar-refractivity contribution in [1.82, 2.24) is 4.90 Å². The van der Waals surface area contributed by atoms with Crippen LogP contribution in [-0.2, 0) is 5.33 Å². The number of piperidine rings is 1. The second-order valence-corrected chi connectivity index (χ2v) is 6.09. The molecule has 1 aliphatic heterocycles. The van der Waals surface area contributed by atoms with Gasteiger partial charge in [-0.15, -0.1) is 0 Å². The van der Waals surface area contributed by atoms with E-state index in [1.807, 2.05) is 0 Å². The fourth-order valence-corrected chi connectivity index (χ4v) is 3.36. The number of anilines is 1. The van der Waals surface area contributed by atoms with Gasteiger partial charge in [0.25, 0.3) is 0 Å². The quantitative estimate of drug-likeness (QED) is 0.777.